The molecular weight excluding hydrogens is 305 g/mol. The Morgan fingerprint density at radius 3 is 2.53 bits per heavy atom. The first-order chi connectivity index (χ1) is 7.71. The number of hydrogen-bond acceptors (Lipinski definition) is 2. The SMILES string of the molecule is CC(C)(C)C(Br)Cc1cc(Cl)ccc1[N+](=O)[O-]. The van der Waals surface area contributed by atoms with Gasteiger partial charge < -0.3 is 0 Å². The third-order valence-electron chi connectivity index (χ3n) is 2.58. The van der Waals surface area contributed by atoms with Gasteiger partial charge in [-0.2, -0.15) is 0 Å². The molecule has 0 bridgehead atoms. The third kappa shape index (κ3) is 3.96. The Bertz CT molecular complexity index is 429. The van der Waals surface area contributed by atoms with Crippen molar-refractivity contribution >= 4 is 33.2 Å². The van der Waals surface area contributed by atoms with Gasteiger partial charge in [-0.15, -0.1) is 0 Å². The summed E-state index contributed by atoms with van der Waals surface area (Å²) in [5.41, 5.74) is 0.832. The molecule has 17 heavy (non-hydrogen) atoms. The summed E-state index contributed by atoms with van der Waals surface area (Å²) in [5, 5.41) is 11.4. The summed E-state index contributed by atoms with van der Waals surface area (Å²) in [4.78, 5) is 10.7. The molecule has 1 atom stereocenters. The van der Waals surface area contributed by atoms with Crippen LogP contribution in [0, 0.1) is 15.5 Å². The summed E-state index contributed by atoms with van der Waals surface area (Å²) < 4.78 is 0. The van der Waals surface area contributed by atoms with Gasteiger partial charge in [0.25, 0.3) is 5.69 Å². The van der Waals surface area contributed by atoms with E-state index in [4.69, 9.17) is 11.6 Å². The van der Waals surface area contributed by atoms with E-state index in [9.17, 15) is 10.1 Å². The number of halogens is 2. The van der Waals surface area contributed by atoms with E-state index in [0.717, 1.165) is 0 Å². The van der Waals surface area contributed by atoms with Crippen LogP contribution in [0.25, 0.3) is 0 Å². The summed E-state index contributed by atoms with van der Waals surface area (Å²) in [6.45, 7) is 6.26. The molecule has 0 N–H and O–H groups in total. The third-order valence-corrected chi connectivity index (χ3v) is 4.51. The predicted molar refractivity (Wildman–Crippen MR) is 74.0 cm³/mol. The van der Waals surface area contributed by atoms with Crippen molar-refractivity contribution in [2.75, 3.05) is 0 Å². The molecule has 1 aromatic carbocycles. The van der Waals surface area contributed by atoms with E-state index in [0.29, 0.717) is 17.0 Å². The van der Waals surface area contributed by atoms with Gasteiger partial charge >= 0.3 is 0 Å². The lowest BCUT2D eigenvalue weighted by molar-refractivity contribution is -0.385. The topological polar surface area (TPSA) is 43.1 Å². The zero-order valence-corrected chi connectivity index (χ0v) is 12.4. The first-order valence-electron chi connectivity index (χ1n) is 5.28. The fraction of sp³-hybridized carbons (Fsp3) is 0.500. The molecule has 0 aliphatic heterocycles. The maximum absolute atomic E-state index is 10.9. The molecule has 0 saturated carbocycles. The molecule has 0 aromatic heterocycles. The van der Waals surface area contributed by atoms with Gasteiger partial charge in [0.2, 0.25) is 0 Å². The summed E-state index contributed by atoms with van der Waals surface area (Å²) >= 11 is 9.46. The van der Waals surface area contributed by atoms with Crippen molar-refractivity contribution in [3.8, 4) is 0 Å². The summed E-state index contributed by atoms with van der Waals surface area (Å²) in [7, 11) is 0. The number of nitro groups is 1. The number of nitrogens with zero attached hydrogens (tertiary/aromatic N) is 1. The molecule has 0 aliphatic carbocycles. The zero-order chi connectivity index (χ0) is 13.2. The standard InChI is InChI=1S/C12H15BrClNO2/c1-12(2,3)11(13)7-8-6-9(14)4-5-10(8)15(16)17/h4-6,11H,7H2,1-3H3. The fourth-order valence-corrected chi connectivity index (χ4v) is 1.94. The molecule has 3 nitrogen and oxygen atoms in total. The lowest BCUT2D eigenvalue weighted by Gasteiger charge is -2.25. The highest BCUT2D eigenvalue weighted by Gasteiger charge is 2.25. The van der Waals surface area contributed by atoms with Crippen LogP contribution in [-0.2, 0) is 6.42 Å². The van der Waals surface area contributed by atoms with Crippen molar-refractivity contribution in [3.63, 3.8) is 0 Å². The van der Waals surface area contributed by atoms with Crippen LogP contribution >= 0.6 is 27.5 Å². The summed E-state index contributed by atoms with van der Waals surface area (Å²) in [6.07, 6.45) is 0.584. The Labute approximate surface area is 114 Å². The van der Waals surface area contributed by atoms with Gasteiger partial charge in [0.05, 0.1) is 4.92 Å². The minimum absolute atomic E-state index is 0.0379. The molecule has 1 aromatic rings. The van der Waals surface area contributed by atoms with E-state index in [1.54, 1.807) is 12.1 Å². The summed E-state index contributed by atoms with van der Waals surface area (Å²) in [6, 6.07) is 4.67. The van der Waals surface area contributed by atoms with Crippen LogP contribution in [0.2, 0.25) is 5.02 Å². The van der Waals surface area contributed by atoms with Gasteiger partial charge in [-0.05, 0) is 24.0 Å². The van der Waals surface area contributed by atoms with E-state index in [2.05, 4.69) is 36.7 Å². The van der Waals surface area contributed by atoms with Crippen LogP contribution < -0.4 is 0 Å². The largest absolute Gasteiger partial charge is 0.272 e. The quantitative estimate of drug-likeness (QED) is 0.464. The molecule has 0 spiro atoms. The Morgan fingerprint density at radius 2 is 2.06 bits per heavy atom. The van der Waals surface area contributed by atoms with E-state index in [-0.39, 0.29) is 20.9 Å². The predicted octanol–water partition coefficient (Wildman–Crippen LogP) is 4.60. The number of benzene rings is 1. The Balaban J connectivity index is 3.04. The van der Waals surface area contributed by atoms with Crippen LogP contribution in [0.3, 0.4) is 0 Å². The Morgan fingerprint density at radius 1 is 1.47 bits per heavy atom. The normalized spacial score (nSPS) is 13.5. The molecule has 0 amide bonds. The van der Waals surface area contributed by atoms with Gasteiger partial charge in [0, 0.05) is 21.5 Å². The molecule has 0 radical (unpaired) electrons. The highest BCUT2D eigenvalue weighted by molar-refractivity contribution is 9.09. The molecule has 94 valence electrons. The average Bonchev–Trinajstić information content (AvgIpc) is 2.15. The second-order valence-corrected chi connectivity index (χ2v) is 6.61. The van der Waals surface area contributed by atoms with Gasteiger partial charge in [-0.25, -0.2) is 0 Å². The number of rotatable bonds is 3. The van der Waals surface area contributed by atoms with Crippen molar-refractivity contribution < 1.29 is 4.92 Å². The first-order valence-corrected chi connectivity index (χ1v) is 6.58. The van der Waals surface area contributed by atoms with Crippen LogP contribution in [0.4, 0.5) is 5.69 Å². The van der Waals surface area contributed by atoms with Crippen molar-refractivity contribution in [1.29, 1.82) is 0 Å². The number of alkyl halides is 1. The van der Waals surface area contributed by atoms with Crippen molar-refractivity contribution in [1.82, 2.24) is 0 Å². The van der Waals surface area contributed by atoms with Crippen LogP contribution in [-0.4, -0.2) is 9.75 Å². The molecule has 1 rings (SSSR count). The van der Waals surface area contributed by atoms with Gasteiger partial charge in [-0.1, -0.05) is 48.3 Å². The summed E-state index contributed by atoms with van der Waals surface area (Å²) in [5.74, 6) is 0. The highest BCUT2D eigenvalue weighted by atomic mass is 79.9. The average molecular weight is 321 g/mol. The molecule has 5 heteroatoms. The van der Waals surface area contributed by atoms with Crippen molar-refractivity contribution in [2.24, 2.45) is 5.41 Å². The molecule has 1 unspecified atom stereocenters. The maximum Gasteiger partial charge on any atom is 0.272 e. The second kappa shape index (κ2) is 5.36. The smallest absolute Gasteiger partial charge is 0.258 e. The number of nitro benzene ring substituents is 1. The van der Waals surface area contributed by atoms with E-state index < -0.39 is 0 Å². The maximum atomic E-state index is 10.9. The van der Waals surface area contributed by atoms with Crippen LogP contribution in [0.15, 0.2) is 18.2 Å². The van der Waals surface area contributed by atoms with E-state index >= 15 is 0 Å². The van der Waals surface area contributed by atoms with Crippen molar-refractivity contribution in [3.05, 3.63) is 38.9 Å². The van der Waals surface area contributed by atoms with E-state index in [1.165, 1.54) is 6.07 Å². The van der Waals surface area contributed by atoms with Gasteiger partial charge in [-0.3, -0.25) is 10.1 Å². The van der Waals surface area contributed by atoms with Crippen molar-refractivity contribution in [2.45, 2.75) is 32.0 Å². The minimum Gasteiger partial charge on any atom is -0.258 e. The van der Waals surface area contributed by atoms with Gasteiger partial charge in [0.1, 0.15) is 0 Å². The lowest BCUT2D eigenvalue weighted by Crippen LogP contribution is -2.22. The lowest BCUT2D eigenvalue weighted by atomic mass is 9.88. The Kier molecular flexibility index (Phi) is 4.55. The zero-order valence-electron chi connectivity index (χ0n) is 10.0. The number of hydrogen-bond donors (Lipinski definition) is 0. The van der Waals surface area contributed by atoms with Crippen LogP contribution in [0.1, 0.15) is 26.3 Å². The molecule has 0 saturated heterocycles. The Hall–Kier alpha value is -0.610. The molecule has 0 heterocycles. The van der Waals surface area contributed by atoms with Gasteiger partial charge in [0.15, 0.2) is 0 Å². The fourth-order valence-electron chi connectivity index (χ4n) is 1.39. The molecule has 0 fully saturated rings. The molecule has 0 aliphatic rings. The monoisotopic (exact) mass is 319 g/mol. The van der Waals surface area contributed by atoms with Crippen LogP contribution in [0.5, 0.6) is 0 Å². The second-order valence-electron chi connectivity index (χ2n) is 5.07. The highest BCUT2D eigenvalue weighted by Crippen LogP contribution is 2.32. The first kappa shape index (κ1) is 14.5. The molecular formula is C12H15BrClNO2. The minimum atomic E-state index is -0.367. The van der Waals surface area contributed by atoms with E-state index in [1.807, 2.05) is 0 Å².